The van der Waals surface area contributed by atoms with Crippen LogP contribution in [-0.4, -0.2) is 31.7 Å². The van der Waals surface area contributed by atoms with Crippen molar-refractivity contribution in [2.24, 2.45) is 5.10 Å². The molecule has 0 saturated carbocycles. The zero-order valence-corrected chi connectivity index (χ0v) is 18.4. The zero-order chi connectivity index (χ0) is 21.4. The fraction of sp³-hybridized carbons (Fsp3) is 0.286. The maximum absolute atomic E-state index is 12.1. The van der Waals surface area contributed by atoms with Gasteiger partial charge in [0, 0.05) is 5.69 Å². The number of halogens is 1. The topological polar surface area (TPSA) is 89.0 Å². The smallest absolute Gasteiger partial charge is 0.249 e. The first-order valence-electron chi connectivity index (χ1n) is 9.03. The van der Waals surface area contributed by atoms with Gasteiger partial charge >= 0.3 is 0 Å². The number of amides is 2. The minimum atomic E-state index is -0.513. The van der Waals surface area contributed by atoms with E-state index in [1.54, 1.807) is 19.2 Å². The lowest BCUT2D eigenvalue weighted by molar-refractivity contribution is -0.126. The minimum Gasteiger partial charge on any atom is -0.492 e. The molecule has 2 N–H and O–H groups in total. The molecule has 2 rings (SSSR count). The maximum Gasteiger partial charge on any atom is 0.249 e. The summed E-state index contributed by atoms with van der Waals surface area (Å²) in [5.41, 5.74) is 5.77. The fourth-order valence-corrected chi connectivity index (χ4v) is 3.26. The fourth-order valence-electron chi connectivity index (χ4n) is 2.64. The van der Waals surface area contributed by atoms with Gasteiger partial charge in [0.25, 0.3) is 0 Å². The number of ether oxygens (including phenoxy) is 2. The predicted octanol–water partition coefficient (Wildman–Crippen LogP) is 3.95. The first-order chi connectivity index (χ1) is 13.8. The quantitative estimate of drug-likeness (QED) is 0.353. The Balaban J connectivity index is 1.94. The molecule has 0 radical (unpaired) electrons. The monoisotopic (exact) mass is 461 g/mol. The second kappa shape index (κ2) is 10.6. The summed E-state index contributed by atoms with van der Waals surface area (Å²) in [6, 6.07) is 9.20. The third-order valence-electron chi connectivity index (χ3n) is 3.92. The van der Waals surface area contributed by atoms with E-state index in [2.05, 4.69) is 31.8 Å². The lowest BCUT2D eigenvalue weighted by Crippen LogP contribution is -2.24. The second-order valence-corrected chi connectivity index (χ2v) is 7.16. The zero-order valence-electron chi connectivity index (χ0n) is 16.8. The molecular formula is C21H24BrN3O4. The normalized spacial score (nSPS) is 10.7. The number of hydrazone groups is 1. The molecule has 0 aromatic heterocycles. The van der Waals surface area contributed by atoms with Gasteiger partial charge in [0.1, 0.15) is 6.42 Å². The van der Waals surface area contributed by atoms with Crippen LogP contribution in [0, 0.1) is 13.8 Å². The van der Waals surface area contributed by atoms with Crippen LogP contribution in [0.25, 0.3) is 0 Å². The molecule has 0 aliphatic heterocycles. The van der Waals surface area contributed by atoms with Crippen LogP contribution >= 0.6 is 15.9 Å². The summed E-state index contributed by atoms with van der Waals surface area (Å²) in [5.74, 6) is 0.220. The van der Waals surface area contributed by atoms with Crippen LogP contribution in [0.3, 0.4) is 0 Å². The molecule has 0 fully saturated rings. The largest absolute Gasteiger partial charge is 0.492 e. The Bertz CT molecular complexity index is 928. The van der Waals surface area contributed by atoms with Crippen LogP contribution in [0.2, 0.25) is 0 Å². The molecule has 7 nitrogen and oxygen atoms in total. The Kier molecular flexibility index (Phi) is 8.21. The maximum atomic E-state index is 12.1. The van der Waals surface area contributed by atoms with Crippen molar-refractivity contribution in [1.82, 2.24) is 5.43 Å². The van der Waals surface area contributed by atoms with Crippen LogP contribution in [0.15, 0.2) is 39.9 Å². The number of hydrogen-bond donors (Lipinski definition) is 2. The van der Waals surface area contributed by atoms with Crippen molar-refractivity contribution in [1.29, 1.82) is 0 Å². The Labute approximate surface area is 178 Å². The van der Waals surface area contributed by atoms with Crippen molar-refractivity contribution in [3.05, 3.63) is 51.5 Å². The molecule has 29 heavy (non-hydrogen) atoms. The minimum absolute atomic E-state index is 0.332. The van der Waals surface area contributed by atoms with Gasteiger partial charge in [0.2, 0.25) is 11.8 Å². The van der Waals surface area contributed by atoms with E-state index in [0.717, 1.165) is 11.1 Å². The number of anilines is 1. The molecule has 0 heterocycles. The average molecular weight is 462 g/mol. The number of carbonyl (C=O) groups excluding carboxylic acids is 2. The van der Waals surface area contributed by atoms with Gasteiger partial charge in [-0.05, 0) is 66.0 Å². The second-order valence-electron chi connectivity index (χ2n) is 6.30. The first kappa shape index (κ1) is 22.4. The number of carbonyl (C=O) groups is 2. The van der Waals surface area contributed by atoms with E-state index in [4.69, 9.17) is 9.47 Å². The van der Waals surface area contributed by atoms with E-state index in [1.807, 2.05) is 39.0 Å². The van der Waals surface area contributed by atoms with Gasteiger partial charge in [-0.2, -0.15) is 5.10 Å². The van der Waals surface area contributed by atoms with Crippen molar-refractivity contribution >= 4 is 39.6 Å². The molecule has 8 heteroatoms. The molecular weight excluding hydrogens is 438 g/mol. The molecule has 0 bridgehead atoms. The van der Waals surface area contributed by atoms with E-state index in [0.29, 0.717) is 33.8 Å². The van der Waals surface area contributed by atoms with E-state index >= 15 is 0 Å². The Hall–Kier alpha value is -2.87. The summed E-state index contributed by atoms with van der Waals surface area (Å²) >= 11 is 3.42. The van der Waals surface area contributed by atoms with Gasteiger partial charge < -0.3 is 14.8 Å². The highest BCUT2D eigenvalue weighted by molar-refractivity contribution is 9.10. The number of benzene rings is 2. The van der Waals surface area contributed by atoms with Crippen molar-refractivity contribution in [3.63, 3.8) is 0 Å². The summed E-state index contributed by atoms with van der Waals surface area (Å²) in [6.07, 6.45) is 1.13. The van der Waals surface area contributed by atoms with E-state index in [-0.39, 0.29) is 6.42 Å². The lowest BCUT2D eigenvalue weighted by Gasteiger charge is -2.11. The lowest BCUT2D eigenvalue weighted by atomic mass is 10.1. The molecule has 154 valence electrons. The van der Waals surface area contributed by atoms with Gasteiger partial charge in [0.05, 0.1) is 24.4 Å². The number of nitrogens with zero attached hydrogens (tertiary/aromatic N) is 1. The van der Waals surface area contributed by atoms with E-state index < -0.39 is 11.8 Å². The SMILES string of the molecule is CCOc1cc(C=NNC(=O)CC(=O)Nc2ccc(C)cc2C)cc(Br)c1OC. The molecule has 0 saturated heterocycles. The number of aryl methyl sites for hydroxylation is 2. The summed E-state index contributed by atoms with van der Waals surface area (Å²) in [7, 11) is 1.56. The van der Waals surface area contributed by atoms with Crippen LogP contribution < -0.4 is 20.2 Å². The Morgan fingerprint density at radius 1 is 1.17 bits per heavy atom. The van der Waals surface area contributed by atoms with Crippen molar-refractivity contribution < 1.29 is 19.1 Å². The van der Waals surface area contributed by atoms with Gasteiger partial charge in [-0.3, -0.25) is 9.59 Å². The highest BCUT2D eigenvalue weighted by Crippen LogP contribution is 2.36. The van der Waals surface area contributed by atoms with Gasteiger partial charge in [-0.1, -0.05) is 17.7 Å². The highest BCUT2D eigenvalue weighted by atomic mass is 79.9. The molecule has 0 unspecified atom stereocenters. The van der Waals surface area contributed by atoms with Gasteiger partial charge in [0.15, 0.2) is 11.5 Å². The van der Waals surface area contributed by atoms with Gasteiger partial charge in [-0.25, -0.2) is 5.43 Å². The number of rotatable bonds is 8. The summed E-state index contributed by atoms with van der Waals surface area (Å²) < 4.78 is 11.5. The molecule has 0 aliphatic rings. The molecule has 2 aromatic rings. The third kappa shape index (κ3) is 6.60. The molecule has 0 atom stereocenters. The summed E-state index contributed by atoms with van der Waals surface area (Å²) in [6.45, 7) is 6.23. The first-order valence-corrected chi connectivity index (χ1v) is 9.82. The Morgan fingerprint density at radius 3 is 2.59 bits per heavy atom. The highest BCUT2D eigenvalue weighted by Gasteiger charge is 2.12. The van der Waals surface area contributed by atoms with E-state index in [9.17, 15) is 9.59 Å². The standard InChI is InChI=1S/C21H24BrN3O4/c1-5-29-18-10-15(9-16(22)21(18)28-4)12-23-25-20(27)11-19(26)24-17-7-6-13(2)8-14(17)3/h6-10,12H,5,11H2,1-4H3,(H,24,26)(H,25,27). The Morgan fingerprint density at radius 2 is 1.93 bits per heavy atom. The third-order valence-corrected chi connectivity index (χ3v) is 4.50. The van der Waals surface area contributed by atoms with Crippen LogP contribution in [0.4, 0.5) is 5.69 Å². The summed E-state index contributed by atoms with van der Waals surface area (Å²) in [5, 5.41) is 6.64. The van der Waals surface area contributed by atoms with Crippen LogP contribution in [-0.2, 0) is 9.59 Å². The van der Waals surface area contributed by atoms with E-state index in [1.165, 1.54) is 6.21 Å². The van der Waals surface area contributed by atoms with Crippen LogP contribution in [0.1, 0.15) is 30.0 Å². The van der Waals surface area contributed by atoms with Gasteiger partial charge in [-0.15, -0.1) is 0 Å². The molecule has 2 aromatic carbocycles. The molecule has 0 spiro atoms. The van der Waals surface area contributed by atoms with Crippen molar-refractivity contribution in [3.8, 4) is 11.5 Å². The van der Waals surface area contributed by atoms with Crippen molar-refractivity contribution in [2.45, 2.75) is 27.2 Å². The predicted molar refractivity (Wildman–Crippen MR) is 117 cm³/mol. The van der Waals surface area contributed by atoms with Crippen molar-refractivity contribution in [2.75, 3.05) is 19.0 Å². The molecule has 2 amide bonds. The average Bonchev–Trinajstić information content (AvgIpc) is 2.64. The number of nitrogens with one attached hydrogen (secondary N) is 2. The summed E-state index contributed by atoms with van der Waals surface area (Å²) in [4.78, 5) is 24.0. The van der Waals surface area contributed by atoms with Crippen LogP contribution in [0.5, 0.6) is 11.5 Å². The molecule has 0 aliphatic carbocycles. The number of methoxy groups -OCH3 is 1. The number of hydrogen-bond acceptors (Lipinski definition) is 5.